The molecule has 0 aromatic carbocycles. The lowest BCUT2D eigenvalue weighted by Gasteiger charge is -2.17. The van der Waals surface area contributed by atoms with Crippen molar-refractivity contribution in [2.45, 2.75) is 30.6 Å². The Morgan fingerprint density at radius 2 is 2.23 bits per heavy atom. The van der Waals surface area contributed by atoms with Crippen molar-refractivity contribution in [2.75, 3.05) is 11.5 Å². The summed E-state index contributed by atoms with van der Waals surface area (Å²) in [5.41, 5.74) is 0. The van der Waals surface area contributed by atoms with Crippen molar-refractivity contribution in [3.05, 3.63) is 0 Å². The maximum absolute atomic E-state index is 11.2. The second-order valence-electron chi connectivity index (χ2n) is 3.15. The molecule has 2 atom stereocenters. The molecule has 0 heterocycles. The van der Waals surface area contributed by atoms with Crippen molar-refractivity contribution in [2.24, 2.45) is 0 Å². The van der Waals surface area contributed by atoms with Crippen molar-refractivity contribution in [3.63, 3.8) is 0 Å². The molecule has 0 bridgehead atoms. The fraction of sp³-hybridized carbons (Fsp3) is 1.00. The van der Waals surface area contributed by atoms with Gasteiger partial charge < -0.3 is 0 Å². The Labute approximate surface area is 88.7 Å². The second kappa shape index (κ2) is 4.87. The first kappa shape index (κ1) is 11.6. The SMILES string of the molecule is CSC1CCCC1NS(=O)(=O)CCl. The Hall–Kier alpha value is 0.550. The van der Waals surface area contributed by atoms with Gasteiger partial charge in [0.2, 0.25) is 10.0 Å². The first-order valence-corrected chi connectivity index (χ1v) is 7.65. The number of sulfonamides is 1. The quantitative estimate of drug-likeness (QED) is 0.759. The Morgan fingerprint density at radius 3 is 2.77 bits per heavy atom. The van der Waals surface area contributed by atoms with Crippen molar-refractivity contribution < 1.29 is 8.42 Å². The topological polar surface area (TPSA) is 46.2 Å². The molecular weight excluding hydrogens is 230 g/mol. The highest BCUT2D eigenvalue weighted by Gasteiger charge is 2.29. The maximum atomic E-state index is 11.2. The van der Waals surface area contributed by atoms with Crippen LogP contribution in [0.1, 0.15) is 19.3 Å². The molecule has 13 heavy (non-hydrogen) atoms. The zero-order valence-corrected chi connectivity index (χ0v) is 9.88. The summed E-state index contributed by atoms with van der Waals surface area (Å²) in [6.45, 7) is 0. The van der Waals surface area contributed by atoms with E-state index < -0.39 is 10.0 Å². The molecular formula is C7H14ClNO2S2. The standard InChI is InChI=1S/C7H14ClNO2S2/c1-12-7-4-2-3-6(7)9-13(10,11)5-8/h6-7,9H,2-5H2,1H3. The van der Waals surface area contributed by atoms with E-state index in [0.29, 0.717) is 5.25 Å². The zero-order valence-electron chi connectivity index (χ0n) is 7.49. The number of thioether (sulfide) groups is 1. The minimum absolute atomic E-state index is 0.0822. The molecule has 2 unspecified atom stereocenters. The van der Waals surface area contributed by atoms with Gasteiger partial charge >= 0.3 is 0 Å². The van der Waals surface area contributed by atoms with E-state index in [1.807, 2.05) is 6.26 Å². The predicted molar refractivity (Wildman–Crippen MR) is 57.7 cm³/mol. The first-order chi connectivity index (χ1) is 6.09. The highest BCUT2D eigenvalue weighted by molar-refractivity contribution is 7.99. The smallest absolute Gasteiger partial charge is 0.211 e. The van der Waals surface area contributed by atoms with Crippen LogP contribution < -0.4 is 4.72 Å². The monoisotopic (exact) mass is 243 g/mol. The highest BCUT2D eigenvalue weighted by atomic mass is 35.5. The van der Waals surface area contributed by atoms with Crippen LogP contribution in [-0.2, 0) is 10.0 Å². The Kier molecular flexibility index (Phi) is 4.35. The zero-order chi connectivity index (χ0) is 9.90. The van der Waals surface area contributed by atoms with E-state index in [1.165, 1.54) is 0 Å². The fourth-order valence-electron chi connectivity index (χ4n) is 1.61. The summed E-state index contributed by atoms with van der Waals surface area (Å²) in [4.78, 5) is 0. The van der Waals surface area contributed by atoms with E-state index in [0.717, 1.165) is 19.3 Å². The third kappa shape index (κ3) is 3.31. The lowest BCUT2D eigenvalue weighted by molar-refractivity contribution is 0.559. The molecule has 1 rings (SSSR count). The van der Waals surface area contributed by atoms with E-state index >= 15 is 0 Å². The third-order valence-electron chi connectivity index (χ3n) is 2.23. The summed E-state index contributed by atoms with van der Waals surface area (Å²) in [7, 11) is -3.24. The van der Waals surface area contributed by atoms with Gasteiger partial charge in [-0.25, -0.2) is 13.1 Å². The molecule has 0 saturated heterocycles. The maximum Gasteiger partial charge on any atom is 0.225 e. The van der Waals surface area contributed by atoms with Crippen LogP contribution in [-0.4, -0.2) is 31.2 Å². The molecule has 1 aliphatic rings. The van der Waals surface area contributed by atoms with Crippen LogP contribution in [0.25, 0.3) is 0 Å². The molecule has 1 fully saturated rings. The van der Waals surface area contributed by atoms with E-state index in [4.69, 9.17) is 11.6 Å². The van der Waals surface area contributed by atoms with Gasteiger partial charge in [-0.3, -0.25) is 0 Å². The summed E-state index contributed by atoms with van der Waals surface area (Å²) < 4.78 is 25.0. The lowest BCUT2D eigenvalue weighted by atomic mass is 10.3. The van der Waals surface area contributed by atoms with E-state index in [9.17, 15) is 8.42 Å². The normalized spacial score (nSPS) is 29.4. The molecule has 3 nitrogen and oxygen atoms in total. The van der Waals surface area contributed by atoms with Crippen LogP contribution >= 0.6 is 23.4 Å². The lowest BCUT2D eigenvalue weighted by Crippen LogP contribution is -2.39. The average Bonchev–Trinajstić information content (AvgIpc) is 2.51. The van der Waals surface area contributed by atoms with E-state index in [1.54, 1.807) is 11.8 Å². The average molecular weight is 244 g/mol. The van der Waals surface area contributed by atoms with E-state index in [2.05, 4.69) is 4.72 Å². The molecule has 0 aromatic heterocycles. The van der Waals surface area contributed by atoms with Crippen molar-refractivity contribution in [1.82, 2.24) is 4.72 Å². The molecule has 1 aliphatic carbocycles. The largest absolute Gasteiger partial charge is 0.225 e. The van der Waals surface area contributed by atoms with Gasteiger partial charge in [0.25, 0.3) is 0 Å². The minimum atomic E-state index is -3.24. The van der Waals surface area contributed by atoms with Gasteiger partial charge in [0.05, 0.1) is 0 Å². The molecule has 1 saturated carbocycles. The van der Waals surface area contributed by atoms with E-state index in [-0.39, 0.29) is 11.3 Å². The summed E-state index contributed by atoms with van der Waals surface area (Å²) in [5, 5.41) is 0.0721. The predicted octanol–water partition coefficient (Wildman–Crippen LogP) is 1.39. The Bertz CT molecular complexity index is 255. The number of nitrogens with one attached hydrogen (secondary N) is 1. The molecule has 0 aromatic rings. The first-order valence-electron chi connectivity index (χ1n) is 4.18. The summed E-state index contributed by atoms with van der Waals surface area (Å²) in [6.07, 6.45) is 5.14. The van der Waals surface area contributed by atoms with Crippen LogP contribution in [0.4, 0.5) is 0 Å². The third-order valence-corrected chi connectivity index (χ3v) is 5.21. The van der Waals surface area contributed by atoms with Crippen molar-refractivity contribution in [1.29, 1.82) is 0 Å². The highest BCUT2D eigenvalue weighted by Crippen LogP contribution is 2.28. The molecule has 0 aliphatic heterocycles. The van der Waals surface area contributed by atoms with Crippen LogP contribution in [0, 0.1) is 0 Å². The van der Waals surface area contributed by atoms with Crippen LogP contribution in [0.3, 0.4) is 0 Å². The van der Waals surface area contributed by atoms with Gasteiger partial charge in [0.1, 0.15) is 5.21 Å². The van der Waals surface area contributed by atoms with Gasteiger partial charge in [-0.15, -0.1) is 11.6 Å². The number of rotatable bonds is 4. The summed E-state index contributed by atoms with van der Waals surface area (Å²) >= 11 is 7.03. The van der Waals surface area contributed by atoms with Gasteiger partial charge in [-0.2, -0.15) is 11.8 Å². The number of halogens is 1. The molecule has 1 N–H and O–H groups in total. The molecule has 0 radical (unpaired) electrons. The summed E-state index contributed by atoms with van der Waals surface area (Å²) in [5.74, 6) is 0. The van der Waals surface area contributed by atoms with Gasteiger partial charge in [0.15, 0.2) is 0 Å². The van der Waals surface area contributed by atoms with Crippen molar-refractivity contribution in [3.8, 4) is 0 Å². The number of alkyl halides is 1. The van der Waals surface area contributed by atoms with Crippen LogP contribution in [0.15, 0.2) is 0 Å². The van der Waals surface area contributed by atoms with Gasteiger partial charge in [-0.05, 0) is 19.1 Å². The van der Waals surface area contributed by atoms with Crippen LogP contribution in [0.5, 0.6) is 0 Å². The summed E-state index contributed by atoms with van der Waals surface area (Å²) in [6, 6.07) is 0.0822. The Balaban J connectivity index is 2.53. The molecule has 6 heteroatoms. The molecule has 78 valence electrons. The second-order valence-corrected chi connectivity index (χ2v) is 6.57. The Morgan fingerprint density at radius 1 is 1.54 bits per heavy atom. The van der Waals surface area contributed by atoms with Crippen LogP contribution in [0.2, 0.25) is 0 Å². The fourth-order valence-corrected chi connectivity index (χ4v) is 3.62. The van der Waals surface area contributed by atoms with Crippen molar-refractivity contribution >= 4 is 33.4 Å². The number of hydrogen-bond acceptors (Lipinski definition) is 3. The number of hydrogen-bond donors (Lipinski definition) is 1. The van der Waals surface area contributed by atoms with Gasteiger partial charge in [-0.1, -0.05) is 6.42 Å². The minimum Gasteiger partial charge on any atom is -0.211 e. The molecule has 0 spiro atoms. The molecule has 0 amide bonds. The van der Waals surface area contributed by atoms with Gasteiger partial charge in [0, 0.05) is 11.3 Å².